The number of esters is 1. The third-order valence-corrected chi connectivity index (χ3v) is 7.44. The monoisotopic (exact) mass is 500 g/mol. The lowest BCUT2D eigenvalue weighted by molar-refractivity contribution is -0.180. The van der Waals surface area contributed by atoms with E-state index in [2.05, 4.69) is 16.5 Å². The summed E-state index contributed by atoms with van der Waals surface area (Å²) in [5, 5.41) is 40.8. The van der Waals surface area contributed by atoms with Crippen molar-refractivity contribution in [1.29, 1.82) is 0 Å². The Morgan fingerprint density at radius 1 is 1.22 bits per heavy atom. The molecule has 5 rings (SSSR count). The largest absolute Gasteiger partial charge is 0.497 e. The molecule has 1 unspecified atom stereocenters. The molecule has 10 nitrogen and oxygen atoms in total. The van der Waals surface area contributed by atoms with E-state index in [0.29, 0.717) is 34.1 Å². The summed E-state index contributed by atoms with van der Waals surface area (Å²) in [5.74, 6) is 0.107. The predicted molar refractivity (Wildman–Crippen MR) is 129 cm³/mol. The van der Waals surface area contributed by atoms with E-state index < -0.39 is 36.5 Å². The van der Waals surface area contributed by atoms with Gasteiger partial charge in [0.25, 0.3) is 0 Å². The summed E-state index contributed by atoms with van der Waals surface area (Å²) in [6.45, 7) is 5.53. The molecular weight excluding hydrogens is 468 g/mol. The van der Waals surface area contributed by atoms with Gasteiger partial charge < -0.3 is 34.7 Å². The molecule has 1 aromatic heterocycles. The molecule has 194 valence electrons. The zero-order valence-electron chi connectivity index (χ0n) is 20.0. The van der Waals surface area contributed by atoms with Crippen molar-refractivity contribution in [2.24, 2.45) is 11.8 Å². The zero-order chi connectivity index (χ0) is 26.0. The third kappa shape index (κ3) is 5.00. The number of ether oxygens (including phenoxy) is 2. The van der Waals surface area contributed by atoms with Gasteiger partial charge in [-0.2, -0.15) is 0 Å². The summed E-state index contributed by atoms with van der Waals surface area (Å²) in [7, 11) is 1.55. The SMILES string of the molecule is C=C[C@H]1CN2CC[C@H]1C[C@@H]2[C@@H](OC(=O)[C@@H](O)[C@@H](O)[C@H](O)[C@@H](O)C=O)c1ccnc2ccc(OC)cc12. The normalized spacial score (nSPS) is 27.5. The molecular formula is C26H32N2O8. The molecule has 36 heavy (non-hydrogen) atoms. The first kappa shape index (κ1) is 26.2. The van der Waals surface area contributed by atoms with E-state index in [1.54, 1.807) is 37.6 Å². The minimum Gasteiger partial charge on any atom is -0.497 e. The van der Waals surface area contributed by atoms with Gasteiger partial charge in [0.2, 0.25) is 0 Å². The number of carbonyl (C=O) groups excluding carboxylic acids is 2. The molecule has 3 aliphatic rings. The van der Waals surface area contributed by atoms with E-state index in [-0.39, 0.29) is 12.3 Å². The van der Waals surface area contributed by atoms with Gasteiger partial charge >= 0.3 is 5.97 Å². The van der Waals surface area contributed by atoms with Crippen LogP contribution in [0.1, 0.15) is 24.5 Å². The number of fused-ring (bicyclic) bond motifs is 4. The van der Waals surface area contributed by atoms with Gasteiger partial charge in [0.05, 0.1) is 18.7 Å². The van der Waals surface area contributed by atoms with Crippen LogP contribution < -0.4 is 4.74 Å². The molecule has 4 heterocycles. The lowest BCUT2D eigenvalue weighted by Gasteiger charge is -2.51. The van der Waals surface area contributed by atoms with Crippen LogP contribution >= 0.6 is 0 Å². The summed E-state index contributed by atoms with van der Waals surface area (Å²) in [4.78, 5) is 30.4. The number of rotatable bonds is 10. The van der Waals surface area contributed by atoms with Gasteiger partial charge in [0.15, 0.2) is 12.4 Å². The lowest BCUT2D eigenvalue weighted by atomic mass is 9.73. The Morgan fingerprint density at radius 2 is 2.00 bits per heavy atom. The Balaban J connectivity index is 1.70. The fraction of sp³-hybridized carbons (Fsp3) is 0.500. The van der Waals surface area contributed by atoms with Crippen molar-refractivity contribution >= 4 is 23.2 Å². The Kier molecular flexibility index (Phi) is 8.01. The molecule has 3 saturated heterocycles. The number of aromatic nitrogens is 1. The number of benzene rings is 1. The van der Waals surface area contributed by atoms with Gasteiger partial charge in [-0.3, -0.25) is 9.88 Å². The molecule has 0 saturated carbocycles. The highest BCUT2D eigenvalue weighted by Crippen LogP contribution is 2.43. The standard InChI is InChI=1S/C26H32N2O8/c1-3-14-12-28-9-7-15(14)10-20(28)25(36-26(34)24(33)23(32)22(31)21(30)13-29)17-6-8-27-19-5-4-16(35-2)11-18(17)19/h3-6,8,11,13-15,20-25,30-33H,1,7,9-10,12H2,2H3/t14-,15-,20+,21-,22+,23-,24-,25-/m0/s1. The van der Waals surface area contributed by atoms with Crippen molar-refractivity contribution in [3.63, 3.8) is 0 Å². The fourth-order valence-electron chi connectivity index (χ4n) is 5.37. The van der Waals surface area contributed by atoms with Crippen molar-refractivity contribution in [2.45, 2.75) is 49.4 Å². The molecule has 3 aliphatic heterocycles. The van der Waals surface area contributed by atoms with E-state index in [1.807, 2.05) is 6.08 Å². The van der Waals surface area contributed by atoms with E-state index in [1.165, 1.54) is 0 Å². The second-order valence-electron chi connectivity index (χ2n) is 9.44. The second-order valence-corrected chi connectivity index (χ2v) is 9.44. The number of hydrogen-bond acceptors (Lipinski definition) is 10. The van der Waals surface area contributed by atoms with Gasteiger partial charge in [-0.15, -0.1) is 6.58 Å². The van der Waals surface area contributed by atoms with Gasteiger partial charge in [-0.05, 0) is 55.5 Å². The van der Waals surface area contributed by atoms with Crippen LogP contribution in [0.3, 0.4) is 0 Å². The number of piperidine rings is 3. The number of aliphatic hydroxyl groups is 4. The van der Waals surface area contributed by atoms with Crippen molar-refractivity contribution in [3.8, 4) is 5.75 Å². The Morgan fingerprint density at radius 3 is 2.64 bits per heavy atom. The minimum atomic E-state index is -2.18. The lowest BCUT2D eigenvalue weighted by Crippen LogP contribution is -2.56. The smallest absolute Gasteiger partial charge is 0.338 e. The van der Waals surface area contributed by atoms with Crippen molar-refractivity contribution in [2.75, 3.05) is 20.2 Å². The molecule has 2 aromatic rings. The average molecular weight is 501 g/mol. The van der Waals surface area contributed by atoms with Gasteiger partial charge in [0, 0.05) is 23.7 Å². The Hall–Kier alpha value is -2.89. The summed E-state index contributed by atoms with van der Waals surface area (Å²) < 4.78 is 11.2. The topological polar surface area (TPSA) is 150 Å². The molecule has 4 N–H and O–H groups in total. The van der Waals surface area contributed by atoms with Crippen molar-refractivity contribution in [3.05, 3.63) is 48.7 Å². The molecule has 9 atom stereocenters. The second kappa shape index (κ2) is 11.0. The highest BCUT2D eigenvalue weighted by Gasteiger charge is 2.45. The highest BCUT2D eigenvalue weighted by atomic mass is 16.6. The van der Waals surface area contributed by atoms with E-state index in [0.717, 1.165) is 25.9 Å². The predicted octanol–water partition coefficient (Wildman–Crippen LogP) is 0.367. The number of methoxy groups -OCH3 is 1. The summed E-state index contributed by atoms with van der Waals surface area (Å²) >= 11 is 0. The van der Waals surface area contributed by atoms with Crippen LogP contribution in [-0.4, -0.2) is 93.2 Å². The number of hydrogen-bond donors (Lipinski definition) is 4. The first-order chi connectivity index (χ1) is 17.3. The van der Waals surface area contributed by atoms with Crippen LogP contribution in [0.25, 0.3) is 10.9 Å². The number of aliphatic hydroxyl groups excluding tert-OH is 4. The Labute approximate surface area is 208 Å². The van der Waals surface area contributed by atoms with Crippen LogP contribution in [0.15, 0.2) is 43.1 Å². The first-order valence-corrected chi connectivity index (χ1v) is 12.0. The van der Waals surface area contributed by atoms with Gasteiger partial charge in [0.1, 0.15) is 30.2 Å². The molecule has 10 heteroatoms. The van der Waals surface area contributed by atoms with Crippen LogP contribution in [-0.2, 0) is 14.3 Å². The summed E-state index contributed by atoms with van der Waals surface area (Å²) in [6.07, 6.45) is -3.86. The molecule has 0 radical (unpaired) electrons. The maximum Gasteiger partial charge on any atom is 0.338 e. The fourth-order valence-corrected chi connectivity index (χ4v) is 5.37. The molecule has 0 amide bonds. The number of aldehydes is 1. The molecule has 0 spiro atoms. The van der Waals surface area contributed by atoms with Crippen LogP contribution in [0.5, 0.6) is 5.75 Å². The number of carbonyl (C=O) groups is 2. The molecule has 2 bridgehead atoms. The van der Waals surface area contributed by atoms with E-state index >= 15 is 0 Å². The van der Waals surface area contributed by atoms with Crippen LogP contribution in [0.4, 0.5) is 0 Å². The van der Waals surface area contributed by atoms with Crippen molar-refractivity contribution in [1.82, 2.24) is 9.88 Å². The highest BCUT2D eigenvalue weighted by molar-refractivity contribution is 5.84. The van der Waals surface area contributed by atoms with Crippen LogP contribution in [0.2, 0.25) is 0 Å². The van der Waals surface area contributed by atoms with Gasteiger partial charge in [-0.1, -0.05) is 6.08 Å². The summed E-state index contributed by atoms with van der Waals surface area (Å²) in [5.41, 5.74) is 1.33. The third-order valence-electron chi connectivity index (χ3n) is 7.44. The van der Waals surface area contributed by atoms with Crippen LogP contribution in [0, 0.1) is 11.8 Å². The minimum absolute atomic E-state index is 0.00724. The number of nitrogens with zero attached hydrogens (tertiary/aromatic N) is 2. The maximum atomic E-state index is 13.0. The van der Waals surface area contributed by atoms with Gasteiger partial charge in [-0.25, -0.2) is 4.79 Å². The Bertz CT molecular complexity index is 1110. The quantitative estimate of drug-likeness (QED) is 0.205. The maximum absolute atomic E-state index is 13.0. The summed E-state index contributed by atoms with van der Waals surface area (Å²) in [6, 6.07) is 6.92. The molecule has 1 aromatic carbocycles. The van der Waals surface area contributed by atoms with E-state index in [4.69, 9.17) is 9.47 Å². The first-order valence-electron chi connectivity index (χ1n) is 12.0. The number of pyridine rings is 1. The average Bonchev–Trinajstić information content (AvgIpc) is 2.93. The molecule has 0 aliphatic carbocycles. The zero-order valence-corrected chi connectivity index (χ0v) is 20.0. The molecule has 3 fully saturated rings. The van der Waals surface area contributed by atoms with Crippen molar-refractivity contribution < 1.29 is 39.5 Å². The van der Waals surface area contributed by atoms with E-state index in [9.17, 15) is 30.0 Å².